The Morgan fingerprint density at radius 3 is 2.67 bits per heavy atom. The predicted octanol–water partition coefficient (Wildman–Crippen LogP) is 2.03. The van der Waals surface area contributed by atoms with Crippen LogP contribution in [0.3, 0.4) is 0 Å². The fourth-order valence-electron chi connectivity index (χ4n) is 3.36. The first-order valence-electron chi connectivity index (χ1n) is 9.13. The molecule has 2 aromatic carbocycles. The van der Waals surface area contributed by atoms with Gasteiger partial charge in [0.25, 0.3) is 5.91 Å². The summed E-state index contributed by atoms with van der Waals surface area (Å²) in [6.07, 6.45) is 0. The van der Waals surface area contributed by atoms with E-state index in [-0.39, 0.29) is 5.91 Å². The molecule has 27 heavy (non-hydrogen) atoms. The Kier molecular flexibility index (Phi) is 5.07. The van der Waals surface area contributed by atoms with E-state index in [9.17, 15) is 4.79 Å². The standard InChI is InChI=1S/C21H21ClN4O/c1-25-9-11-26(12-10-25)24-21(27)18-14-20(15-5-4-6-16(22)13-15)23-19-8-3-2-7-17(18)19/h2-8,13-14H,9-12H2,1H3,(H,24,27)/p+1. The van der Waals surface area contributed by atoms with Crippen LogP contribution < -0.4 is 10.3 Å². The third-order valence-corrected chi connectivity index (χ3v) is 5.19. The minimum Gasteiger partial charge on any atom is -0.335 e. The Morgan fingerprint density at radius 1 is 1.11 bits per heavy atom. The number of para-hydroxylation sites is 1. The van der Waals surface area contributed by atoms with Crippen molar-refractivity contribution in [2.24, 2.45) is 0 Å². The molecule has 2 N–H and O–H groups in total. The van der Waals surface area contributed by atoms with Crippen LogP contribution in [-0.2, 0) is 0 Å². The quantitative estimate of drug-likeness (QED) is 0.730. The second-order valence-corrected chi connectivity index (χ2v) is 7.40. The molecule has 0 aliphatic carbocycles. The van der Waals surface area contributed by atoms with Crippen LogP contribution in [-0.4, -0.2) is 49.1 Å². The first-order chi connectivity index (χ1) is 13.1. The van der Waals surface area contributed by atoms with E-state index in [0.29, 0.717) is 10.6 Å². The average Bonchev–Trinajstić information content (AvgIpc) is 2.69. The maximum absolute atomic E-state index is 13.0. The number of hydrogen-bond acceptors (Lipinski definition) is 3. The molecule has 6 heteroatoms. The van der Waals surface area contributed by atoms with Gasteiger partial charge in [-0.15, -0.1) is 0 Å². The van der Waals surface area contributed by atoms with E-state index in [1.54, 1.807) is 0 Å². The Morgan fingerprint density at radius 2 is 1.89 bits per heavy atom. The van der Waals surface area contributed by atoms with Gasteiger partial charge in [0.1, 0.15) is 0 Å². The van der Waals surface area contributed by atoms with Crippen molar-refractivity contribution in [3.05, 3.63) is 65.2 Å². The summed E-state index contributed by atoms with van der Waals surface area (Å²) in [6, 6.07) is 17.1. The van der Waals surface area contributed by atoms with Gasteiger partial charge in [-0.3, -0.25) is 10.2 Å². The van der Waals surface area contributed by atoms with Gasteiger partial charge in [0, 0.05) is 16.0 Å². The van der Waals surface area contributed by atoms with E-state index < -0.39 is 0 Å². The van der Waals surface area contributed by atoms with Gasteiger partial charge in [0.15, 0.2) is 0 Å². The summed E-state index contributed by atoms with van der Waals surface area (Å²) in [5, 5.41) is 3.50. The van der Waals surface area contributed by atoms with Crippen LogP contribution in [0, 0.1) is 0 Å². The molecule has 1 saturated heterocycles. The molecule has 1 aromatic heterocycles. The number of benzene rings is 2. The second kappa shape index (κ2) is 7.64. The van der Waals surface area contributed by atoms with Crippen LogP contribution in [0.15, 0.2) is 54.6 Å². The molecule has 5 nitrogen and oxygen atoms in total. The van der Waals surface area contributed by atoms with Crippen molar-refractivity contribution in [1.82, 2.24) is 15.4 Å². The molecule has 1 aliphatic rings. The number of aromatic nitrogens is 1. The van der Waals surface area contributed by atoms with Crippen LogP contribution in [0.5, 0.6) is 0 Å². The fraction of sp³-hybridized carbons (Fsp3) is 0.238. The summed E-state index contributed by atoms with van der Waals surface area (Å²) in [5.74, 6) is -0.101. The van der Waals surface area contributed by atoms with Gasteiger partial charge >= 0.3 is 0 Å². The predicted molar refractivity (Wildman–Crippen MR) is 108 cm³/mol. The van der Waals surface area contributed by atoms with Crippen molar-refractivity contribution in [3.8, 4) is 11.3 Å². The van der Waals surface area contributed by atoms with Crippen LogP contribution in [0.25, 0.3) is 22.2 Å². The number of carbonyl (C=O) groups is 1. The van der Waals surface area contributed by atoms with E-state index in [1.165, 1.54) is 4.90 Å². The number of rotatable bonds is 3. The highest BCUT2D eigenvalue weighted by Gasteiger charge is 2.20. The first kappa shape index (κ1) is 17.9. The maximum Gasteiger partial charge on any atom is 0.266 e. The molecular weight excluding hydrogens is 360 g/mol. The third kappa shape index (κ3) is 3.95. The van der Waals surface area contributed by atoms with E-state index >= 15 is 0 Å². The molecule has 0 radical (unpaired) electrons. The fourth-order valence-corrected chi connectivity index (χ4v) is 3.55. The number of fused-ring (bicyclic) bond motifs is 1. The lowest BCUT2D eigenvalue weighted by atomic mass is 10.0. The molecule has 4 rings (SSSR count). The number of carbonyl (C=O) groups excluding carboxylic acids is 1. The smallest absolute Gasteiger partial charge is 0.266 e. The normalized spacial score (nSPS) is 15.8. The topological polar surface area (TPSA) is 49.7 Å². The first-order valence-corrected chi connectivity index (χ1v) is 9.51. The van der Waals surface area contributed by atoms with Crippen LogP contribution in [0.4, 0.5) is 0 Å². The van der Waals surface area contributed by atoms with Crippen LogP contribution in [0.1, 0.15) is 10.4 Å². The number of amides is 1. The number of likely N-dealkylation sites (N-methyl/N-ethyl adjacent to an activating group) is 1. The summed E-state index contributed by atoms with van der Waals surface area (Å²) in [5.41, 5.74) is 6.12. The summed E-state index contributed by atoms with van der Waals surface area (Å²) in [4.78, 5) is 19.3. The SMILES string of the molecule is C[NH+]1CCN(NC(=O)c2cc(-c3cccc(Cl)c3)nc3ccccc23)CC1. The van der Waals surface area contributed by atoms with Crippen molar-refractivity contribution in [2.75, 3.05) is 33.2 Å². The van der Waals surface area contributed by atoms with E-state index in [0.717, 1.165) is 48.3 Å². The zero-order valence-corrected chi connectivity index (χ0v) is 16.0. The van der Waals surface area contributed by atoms with Crippen molar-refractivity contribution < 1.29 is 9.69 Å². The summed E-state index contributed by atoms with van der Waals surface area (Å²) in [7, 11) is 2.17. The number of hydrogen-bond donors (Lipinski definition) is 2. The van der Waals surface area contributed by atoms with Crippen molar-refractivity contribution in [2.45, 2.75) is 0 Å². The van der Waals surface area contributed by atoms with E-state index in [2.05, 4.69) is 12.5 Å². The summed E-state index contributed by atoms with van der Waals surface area (Å²) < 4.78 is 0. The van der Waals surface area contributed by atoms with Gasteiger partial charge < -0.3 is 4.90 Å². The average molecular weight is 382 g/mol. The lowest BCUT2D eigenvalue weighted by Crippen LogP contribution is -3.12. The molecule has 0 saturated carbocycles. The lowest BCUT2D eigenvalue weighted by molar-refractivity contribution is -0.884. The minimum atomic E-state index is -0.101. The lowest BCUT2D eigenvalue weighted by Gasteiger charge is -2.30. The van der Waals surface area contributed by atoms with Gasteiger partial charge in [0.05, 0.1) is 50.0 Å². The van der Waals surface area contributed by atoms with Gasteiger partial charge in [0.2, 0.25) is 0 Å². The maximum atomic E-state index is 13.0. The van der Waals surface area contributed by atoms with Crippen molar-refractivity contribution in [3.63, 3.8) is 0 Å². The number of quaternary nitrogens is 1. The largest absolute Gasteiger partial charge is 0.335 e. The molecule has 0 atom stereocenters. The van der Waals surface area contributed by atoms with Gasteiger partial charge in [-0.25, -0.2) is 9.99 Å². The Balaban J connectivity index is 1.71. The van der Waals surface area contributed by atoms with Gasteiger partial charge in [-0.2, -0.15) is 0 Å². The molecule has 1 aliphatic heterocycles. The van der Waals surface area contributed by atoms with E-state index in [1.807, 2.05) is 59.6 Å². The van der Waals surface area contributed by atoms with Gasteiger partial charge in [-0.1, -0.05) is 41.9 Å². The van der Waals surface area contributed by atoms with Crippen molar-refractivity contribution >= 4 is 28.4 Å². The van der Waals surface area contributed by atoms with Crippen LogP contribution in [0.2, 0.25) is 5.02 Å². The highest BCUT2D eigenvalue weighted by Crippen LogP contribution is 2.26. The molecular formula is C21H22ClN4O+. The number of piperazine rings is 1. The number of pyridine rings is 1. The molecule has 1 fully saturated rings. The Hall–Kier alpha value is -2.47. The van der Waals surface area contributed by atoms with E-state index in [4.69, 9.17) is 16.6 Å². The van der Waals surface area contributed by atoms with Gasteiger partial charge in [-0.05, 0) is 24.3 Å². The molecule has 2 heterocycles. The highest BCUT2D eigenvalue weighted by atomic mass is 35.5. The summed E-state index contributed by atoms with van der Waals surface area (Å²) >= 11 is 6.14. The zero-order valence-electron chi connectivity index (χ0n) is 15.2. The molecule has 0 spiro atoms. The third-order valence-electron chi connectivity index (χ3n) is 4.96. The highest BCUT2D eigenvalue weighted by molar-refractivity contribution is 6.30. The second-order valence-electron chi connectivity index (χ2n) is 6.97. The number of halogens is 1. The molecule has 0 unspecified atom stereocenters. The Bertz CT molecular complexity index is 983. The number of nitrogens with one attached hydrogen (secondary N) is 2. The van der Waals surface area contributed by atoms with Crippen molar-refractivity contribution in [1.29, 1.82) is 0 Å². The zero-order chi connectivity index (χ0) is 18.8. The van der Waals surface area contributed by atoms with Crippen LogP contribution >= 0.6 is 11.6 Å². The number of hydrazine groups is 1. The monoisotopic (exact) mass is 381 g/mol. The Labute approximate surface area is 163 Å². The molecule has 0 bridgehead atoms. The summed E-state index contributed by atoms with van der Waals surface area (Å²) in [6.45, 7) is 3.74. The molecule has 138 valence electrons. The number of nitrogens with zero attached hydrogens (tertiary/aromatic N) is 2. The molecule has 3 aromatic rings. The minimum absolute atomic E-state index is 0.101. The molecule has 1 amide bonds.